The number of unbranched alkanes of at least 4 members (excludes halogenated alkanes) is 4. The van der Waals surface area contributed by atoms with E-state index in [1.807, 2.05) is 41.3 Å². The number of amides is 1. The van der Waals surface area contributed by atoms with Crippen LogP contribution in [0.25, 0.3) is 21.9 Å². The molecule has 0 fully saturated rings. The first-order chi connectivity index (χ1) is 16.1. The lowest BCUT2D eigenvalue weighted by Gasteiger charge is -2.16. The minimum absolute atomic E-state index is 0.122. The Hall–Kier alpha value is -3.03. The fourth-order valence-corrected chi connectivity index (χ4v) is 5.42. The molecule has 2 aromatic carbocycles. The number of fused-ring (bicyclic) bond motifs is 2. The molecule has 0 radical (unpaired) electrons. The quantitative estimate of drug-likeness (QED) is 0.361. The molecule has 4 aromatic rings. The van der Waals surface area contributed by atoms with Crippen molar-refractivity contribution in [2.24, 2.45) is 0 Å². The van der Waals surface area contributed by atoms with Gasteiger partial charge in [-0.2, -0.15) is 9.50 Å². The Morgan fingerprint density at radius 3 is 2.61 bits per heavy atom. The van der Waals surface area contributed by atoms with Crippen LogP contribution < -0.4 is 15.0 Å². The van der Waals surface area contributed by atoms with Gasteiger partial charge in [0.1, 0.15) is 4.53 Å². The molecule has 1 aliphatic rings. The molecule has 0 saturated heterocycles. The molecule has 6 nitrogen and oxygen atoms in total. The summed E-state index contributed by atoms with van der Waals surface area (Å²) in [6, 6.07) is 14.9. The van der Waals surface area contributed by atoms with Crippen LogP contribution in [0.1, 0.15) is 44.6 Å². The zero-order valence-electron chi connectivity index (χ0n) is 18.3. The number of hydrogen-bond donors (Lipinski definition) is 0. The summed E-state index contributed by atoms with van der Waals surface area (Å²) in [6.45, 7) is 2.84. The van der Waals surface area contributed by atoms with Crippen LogP contribution >= 0.6 is 22.9 Å². The summed E-state index contributed by atoms with van der Waals surface area (Å²) in [5.41, 5.74) is 2.53. The minimum Gasteiger partial charge on any atom is -0.308 e. The molecule has 0 bridgehead atoms. The van der Waals surface area contributed by atoms with Gasteiger partial charge in [0.2, 0.25) is 4.96 Å². The number of thiazole rings is 1. The van der Waals surface area contributed by atoms with Gasteiger partial charge in [0.05, 0.1) is 11.3 Å². The topological polar surface area (TPSA) is 67.6 Å². The summed E-state index contributed by atoms with van der Waals surface area (Å²) in [4.78, 5) is 33.5. The van der Waals surface area contributed by atoms with E-state index in [4.69, 9.17) is 11.6 Å². The molecular formula is C25H23ClN4O2S. The van der Waals surface area contributed by atoms with Crippen molar-refractivity contribution >= 4 is 45.1 Å². The zero-order chi connectivity index (χ0) is 22.9. The third-order valence-electron chi connectivity index (χ3n) is 5.88. The molecule has 1 amide bonds. The third-order valence-corrected chi connectivity index (χ3v) is 7.14. The maximum Gasteiger partial charge on any atom is 0.291 e. The van der Waals surface area contributed by atoms with Gasteiger partial charge in [0.25, 0.3) is 11.5 Å². The first-order valence-corrected chi connectivity index (χ1v) is 12.4. The lowest BCUT2D eigenvalue weighted by molar-refractivity contribution is -0.113. The maximum absolute atomic E-state index is 13.5. The zero-order valence-corrected chi connectivity index (χ0v) is 19.8. The van der Waals surface area contributed by atoms with Gasteiger partial charge in [0, 0.05) is 22.7 Å². The highest BCUT2D eigenvalue weighted by molar-refractivity contribution is 7.15. The number of carbonyl (C=O) groups is 1. The number of nitrogens with zero attached hydrogens (tertiary/aromatic N) is 4. The van der Waals surface area contributed by atoms with Crippen molar-refractivity contribution in [1.29, 1.82) is 0 Å². The third kappa shape index (κ3) is 3.96. The summed E-state index contributed by atoms with van der Waals surface area (Å²) in [5, 5.41) is 4.98. The Bertz CT molecular complexity index is 1460. The molecule has 8 heteroatoms. The Morgan fingerprint density at radius 2 is 1.82 bits per heavy atom. The van der Waals surface area contributed by atoms with Crippen LogP contribution in [0.2, 0.25) is 5.02 Å². The first-order valence-electron chi connectivity index (χ1n) is 11.2. The molecular weight excluding hydrogens is 456 g/mol. The molecule has 0 aliphatic carbocycles. The van der Waals surface area contributed by atoms with Crippen LogP contribution in [0.15, 0.2) is 53.3 Å². The second-order valence-corrected chi connectivity index (χ2v) is 9.55. The van der Waals surface area contributed by atoms with Gasteiger partial charge >= 0.3 is 0 Å². The van der Waals surface area contributed by atoms with Crippen LogP contribution in [0, 0.1) is 0 Å². The molecule has 0 spiro atoms. The Kier molecular flexibility index (Phi) is 6.00. The maximum atomic E-state index is 13.5. The minimum atomic E-state index is -0.321. The average molecular weight is 479 g/mol. The number of halogens is 1. The first kappa shape index (κ1) is 21.8. The Labute approximate surface area is 200 Å². The smallest absolute Gasteiger partial charge is 0.291 e. The van der Waals surface area contributed by atoms with Crippen molar-refractivity contribution in [3.8, 4) is 11.4 Å². The largest absolute Gasteiger partial charge is 0.308 e. The Balaban J connectivity index is 1.55. The van der Waals surface area contributed by atoms with E-state index in [2.05, 4.69) is 17.0 Å². The fraction of sp³-hybridized carbons (Fsp3) is 0.280. The second kappa shape index (κ2) is 9.08. The summed E-state index contributed by atoms with van der Waals surface area (Å²) in [7, 11) is 0. The average Bonchev–Trinajstić information content (AvgIpc) is 3.45. The predicted molar refractivity (Wildman–Crippen MR) is 133 cm³/mol. The van der Waals surface area contributed by atoms with E-state index in [1.165, 1.54) is 35.1 Å². The van der Waals surface area contributed by atoms with Crippen LogP contribution in [0.4, 0.5) is 5.69 Å². The second-order valence-electron chi connectivity index (χ2n) is 8.14. The molecule has 1 aliphatic heterocycles. The highest BCUT2D eigenvalue weighted by atomic mass is 35.5. The van der Waals surface area contributed by atoms with Crippen LogP contribution in [-0.4, -0.2) is 27.0 Å². The molecule has 0 atom stereocenters. The standard InChI is InChI=1S/C25H23ClN4O2S/c1-2-3-4-5-8-14-29-19-13-7-6-12-18(19)20(23(29)31)21-24(32)30-25(33-21)27-22(28-30)16-10-9-11-17(26)15-16/h6-7,9-13,15H,2-5,8,14H2,1H3. The number of hydrogen-bond acceptors (Lipinski definition) is 5. The molecule has 168 valence electrons. The van der Waals surface area contributed by atoms with Gasteiger partial charge in [-0.1, -0.05) is 85.9 Å². The number of aromatic nitrogens is 3. The van der Waals surface area contributed by atoms with Crippen LogP contribution in [-0.2, 0) is 4.79 Å². The van der Waals surface area contributed by atoms with Crippen molar-refractivity contribution < 1.29 is 4.79 Å². The Morgan fingerprint density at radius 1 is 1.00 bits per heavy atom. The van der Waals surface area contributed by atoms with E-state index < -0.39 is 0 Å². The van der Waals surface area contributed by atoms with Gasteiger partial charge in [-0.15, -0.1) is 5.10 Å². The van der Waals surface area contributed by atoms with Gasteiger partial charge in [0.15, 0.2) is 5.82 Å². The lowest BCUT2D eigenvalue weighted by Crippen LogP contribution is -2.33. The van der Waals surface area contributed by atoms with Gasteiger partial charge in [-0.3, -0.25) is 9.59 Å². The normalized spacial score (nSPS) is 15.0. The summed E-state index contributed by atoms with van der Waals surface area (Å²) in [6.07, 6.45) is 5.59. The van der Waals surface area contributed by atoms with Crippen molar-refractivity contribution in [3.63, 3.8) is 0 Å². The monoisotopic (exact) mass is 478 g/mol. The van der Waals surface area contributed by atoms with Crippen LogP contribution in [0.3, 0.4) is 0 Å². The van der Waals surface area contributed by atoms with Gasteiger partial charge < -0.3 is 4.90 Å². The SMILES string of the molecule is CCCCCCCN1C(=O)C(=c2sc3nc(-c4cccc(Cl)c4)nn3c2=O)c2ccccc21. The lowest BCUT2D eigenvalue weighted by atomic mass is 10.1. The molecule has 0 unspecified atom stereocenters. The molecule has 0 N–H and O–H groups in total. The molecule has 0 saturated carbocycles. The highest BCUT2D eigenvalue weighted by Gasteiger charge is 2.33. The van der Waals surface area contributed by atoms with E-state index >= 15 is 0 Å². The predicted octanol–water partition coefficient (Wildman–Crippen LogP) is 4.71. The number of benzene rings is 2. The molecule has 5 rings (SSSR count). The van der Waals surface area contributed by atoms with Gasteiger partial charge in [-0.05, 0) is 24.6 Å². The van der Waals surface area contributed by atoms with Crippen molar-refractivity contribution in [2.45, 2.75) is 39.0 Å². The van der Waals surface area contributed by atoms with Crippen LogP contribution in [0.5, 0.6) is 0 Å². The highest BCUT2D eigenvalue weighted by Crippen LogP contribution is 2.35. The number of anilines is 1. The number of carbonyl (C=O) groups excluding carboxylic acids is 1. The van der Waals surface area contributed by atoms with Crippen molar-refractivity contribution in [1.82, 2.24) is 14.6 Å². The molecule has 2 aromatic heterocycles. The van der Waals surface area contributed by atoms with E-state index in [9.17, 15) is 9.59 Å². The van der Waals surface area contributed by atoms with Crippen molar-refractivity contribution in [2.75, 3.05) is 11.4 Å². The summed E-state index contributed by atoms with van der Waals surface area (Å²) in [5.74, 6) is 0.313. The summed E-state index contributed by atoms with van der Waals surface area (Å²) >= 11 is 7.29. The van der Waals surface area contributed by atoms with E-state index in [0.717, 1.165) is 29.7 Å². The van der Waals surface area contributed by atoms with E-state index in [1.54, 1.807) is 12.1 Å². The van der Waals surface area contributed by atoms with Gasteiger partial charge in [-0.25, -0.2) is 0 Å². The van der Waals surface area contributed by atoms with E-state index in [-0.39, 0.29) is 11.5 Å². The van der Waals surface area contributed by atoms with E-state index in [0.29, 0.717) is 32.5 Å². The molecule has 3 heterocycles. The number of para-hydroxylation sites is 1. The summed E-state index contributed by atoms with van der Waals surface area (Å²) < 4.78 is 1.67. The molecule has 33 heavy (non-hydrogen) atoms. The number of rotatable bonds is 7. The van der Waals surface area contributed by atoms with Crippen molar-refractivity contribution in [3.05, 3.63) is 74.0 Å². The fourth-order valence-electron chi connectivity index (χ4n) is 4.23.